The topological polar surface area (TPSA) is 101 Å². The molecule has 0 atom stereocenters. The molecule has 0 aliphatic rings. The van der Waals surface area contributed by atoms with Gasteiger partial charge >= 0.3 is 5.97 Å². The number of sulfonamides is 1. The van der Waals surface area contributed by atoms with Crippen LogP contribution in [0.4, 0.5) is 0 Å². The van der Waals surface area contributed by atoms with Gasteiger partial charge in [0, 0.05) is 12.7 Å². The van der Waals surface area contributed by atoms with Crippen LogP contribution >= 0.6 is 0 Å². The number of carbonyl (C=O) groups is 1. The number of hydrogen-bond donors (Lipinski definition) is 2. The van der Waals surface area contributed by atoms with Crippen LogP contribution in [0.5, 0.6) is 0 Å². The summed E-state index contributed by atoms with van der Waals surface area (Å²) in [5.41, 5.74) is 0.199. The van der Waals surface area contributed by atoms with Gasteiger partial charge in [-0.2, -0.15) is 0 Å². The van der Waals surface area contributed by atoms with Gasteiger partial charge in [-0.3, -0.25) is 0 Å². The van der Waals surface area contributed by atoms with Gasteiger partial charge in [-0.1, -0.05) is 19.1 Å². The number of carboxylic acid groups (broad SMARTS) is 1. The molecule has 112 valence electrons. The number of rotatable bonds is 6. The van der Waals surface area contributed by atoms with Crippen molar-refractivity contribution in [3.63, 3.8) is 0 Å². The standard InChI is InChI=1S/C13H15N3O4S/c1-2-7-15-21(19,20)12-6-4-3-5-11(12)16-8-10(13(17)18)14-9-16/h3-6,8-9,15H,2,7H2,1H3,(H,17,18). The second-order valence-electron chi connectivity index (χ2n) is 4.34. The van der Waals surface area contributed by atoms with Crippen LogP contribution in [0.25, 0.3) is 5.69 Å². The van der Waals surface area contributed by atoms with E-state index >= 15 is 0 Å². The number of hydrogen-bond acceptors (Lipinski definition) is 4. The molecule has 0 aliphatic heterocycles. The van der Waals surface area contributed by atoms with Crippen molar-refractivity contribution in [1.82, 2.24) is 14.3 Å². The van der Waals surface area contributed by atoms with Crippen LogP contribution in [-0.4, -0.2) is 35.6 Å². The molecule has 21 heavy (non-hydrogen) atoms. The van der Waals surface area contributed by atoms with E-state index in [-0.39, 0.29) is 10.6 Å². The highest BCUT2D eigenvalue weighted by molar-refractivity contribution is 7.89. The number of nitrogens with zero attached hydrogens (tertiary/aromatic N) is 2. The number of para-hydroxylation sites is 1. The van der Waals surface area contributed by atoms with Gasteiger partial charge < -0.3 is 9.67 Å². The van der Waals surface area contributed by atoms with Gasteiger partial charge in [0.05, 0.1) is 5.69 Å². The Morgan fingerprint density at radius 2 is 2.10 bits per heavy atom. The fraction of sp³-hybridized carbons (Fsp3) is 0.231. The average Bonchev–Trinajstić information content (AvgIpc) is 2.95. The third-order valence-corrected chi connectivity index (χ3v) is 4.29. The van der Waals surface area contributed by atoms with E-state index in [0.717, 1.165) is 0 Å². The van der Waals surface area contributed by atoms with E-state index in [1.54, 1.807) is 18.2 Å². The highest BCUT2D eigenvalue weighted by atomic mass is 32.2. The largest absolute Gasteiger partial charge is 0.476 e. The molecule has 8 heteroatoms. The van der Waals surface area contributed by atoms with Crippen molar-refractivity contribution >= 4 is 16.0 Å². The molecule has 0 aliphatic carbocycles. The van der Waals surface area contributed by atoms with E-state index in [2.05, 4.69) is 9.71 Å². The Labute approximate surface area is 122 Å². The van der Waals surface area contributed by atoms with Gasteiger partial charge in [0.15, 0.2) is 5.69 Å². The summed E-state index contributed by atoms with van der Waals surface area (Å²) in [6.07, 6.45) is 3.23. The summed E-state index contributed by atoms with van der Waals surface area (Å²) in [5, 5.41) is 8.88. The van der Waals surface area contributed by atoms with Crippen LogP contribution in [0.1, 0.15) is 23.8 Å². The number of aromatic nitrogens is 2. The van der Waals surface area contributed by atoms with Gasteiger partial charge in [0.1, 0.15) is 11.2 Å². The first-order valence-electron chi connectivity index (χ1n) is 6.32. The zero-order chi connectivity index (χ0) is 15.5. The minimum Gasteiger partial charge on any atom is -0.476 e. The predicted octanol–water partition coefficient (Wildman–Crippen LogP) is 1.26. The van der Waals surface area contributed by atoms with Crippen molar-refractivity contribution in [3.05, 3.63) is 42.5 Å². The maximum absolute atomic E-state index is 12.3. The number of aromatic carboxylic acids is 1. The fourth-order valence-corrected chi connectivity index (χ4v) is 3.11. The number of benzene rings is 1. The molecule has 2 aromatic rings. The van der Waals surface area contributed by atoms with Crippen molar-refractivity contribution < 1.29 is 18.3 Å². The number of nitrogens with one attached hydrogen (secondary N) is 1. The lowest BCUT2D eigenvalue weighted by Crippen LogP contribution is -2.25. The summed E-state index contributed by atoms with van der Waals surface area (Å²) in [4.78, 5) is 14.7. The average molecular weight is 309 g/mol. The first-order chi connectivity index (χ1) is 9.95. The van der Waals surface area contributed by atoms with E-state index in [4.69, 9.17) is 5.11 Å². The molecular formula is C13H15N3O4S. The zero-order valence-electron chi connectivity index (χ0n) is 11.4. The molecule has 7 nitrogen and oxygen atoms in total. The first-order valence-corrected chi connectivity index (χ1v) is 7.80. The zero-order valence-corrected chi connectivity index (χ0v) is 12.2. The lowest BCUT2D eigenvalue weighted by molar-refractivity contribution is 0.0691. The Bertz CT molecular complexity index is 752. The second kappa shape index (κ2) is 6.06. The molecule has 2 rings (SSSR count). The van der Waals surface area contributed by atoms with Crippen LogP contribution in [0, 0.1) is 0 Å². The molecule has 0 spiro atoms. The summed E-state index contributed by atoms with van der Waals surface area (Å²) >= 11 is 0. The molecule has 1 aromatic carbocycles. The highest BCUT2D eigenvalue weighted by Crippen LogP contribution is 2.20. The van der Waals surface area contributed by atoms with Crippen molar-refractivity contribution in [2.45, 2.75) is 18.2 Å². The van der Waals surface area contributed by atoms with Crippen LogP contribution in [0.3, 0.4) is 0 Å². The molecule has 0 unspecified atom stereocenters. The maximum Gasteiger partial charge on any atom is 0.356 e. The van der Waals surface area contributed by atoms with E-state index < -0.39 is 16.0 Å². The summed E-state index contributed by atoms with van der Waals surface area (Å²) < 4.78 is 28.4. The molecule has 0 saturated heterocycles. The maximum atomic E-state index is 12.3. The molecule has 0 saturated carbocycles. The summed E-state index contributed by atoms with van der Waals surface area (Å²) in [6.45, 7) is 2.20. The number of imidazole rings is 1. The van der Waals surface area contributed by atoms with E-state index in [9.17, 15) is 13.2 Å². The van der Waals surface area contributed by atoms with Crippen LogP contribution in [0.15, 0.2) is 41.7 Å². The second-order valence-corrected chi connectivity index (χ2v) is 6.07. The predicted molar refractivity (Wildman–Crippen MR) is 76.0 cm³/mol. The summed E-state index contributed by atoms with van der Waals surface area (Å²) in [6, 6.07) is 6.34. The Hall–Kier alpha value is -2.19. The van der Waals surface area contributed by atoms with Crippen LogP contribution in [0.2, 0.25) is 0 Å². The minimum atomic E-state index is -3.66. The normalized spacial score (nSPS) is 11.5. The molecule has 0 amide bonds. The first kappa shape index (κ1) is 15.2. The van der Waals surface area contributed by atoms with E-state index in [0.29, 0.717) is 18.7 Å². The molecule has 0 fully saturated rings. The Balaban J connectivity index is 2.48. The third kappa shape index (κ3) is 3.29. The summed E-state index contributed by atoms with van der Waals surface area (Å²) in [7, 11) is -3.66. The molecule has 1 aromatic heterocycles. The van der Waals surface area contributed by atoms with Crippen molar-refractivity contribution in [2.75, 3.05) is 6.54 Å². The molecule has 0 radical (unpaired) electrons. The van der Waals surface area contributed by atoms with Crippen molar-refractivity contribution in [1.29, 1.82) is 0 Å². The lowest BCUT2D eigenvalue weighted by Gasteiger charge is -2.11. The Morgan fingerprint density at radius 3 is 2.71 bits per heavy atom. The van der Waals surface area contributed by atoms with Gasteiger partial charge in [0.2, 0.25) is 10.0 Å². The highest BCUT2D eigenvalue weighted by Gasteiger charge is 2.19. The molecule has 1 heterocycles. The Kier molecular flexibility index (Phi) is 4.39. The molecule has 0 bridgehead atoms. The van der Waals surface area contributed by atoms with E-state index in [1.807, 2.05) is 6.92 Å². The van der Waals surface area contributed by atoms with E-state index in [1.165, 1.54) is 23.2 Å². The molecule has 2 N–H and O–H groups in total. The van der Waals surface area contributed by atoms with Crippen molar-refractivity contribution in [3.8, 4) is 5.69 Å². The SMILES string of the molecule is CCCNS(=O)(=O)c1ccccc1-n1cnc(C(=O)O)c1. The van der Waals surface area contributed by atoms with Gasteiger partial charge in [0.25, 0.3) is 0 Å². The van der Waals surface area contributed by atoms with Crippen molar-refractivity contribution in [2.24, 2.45) is 0 Å². The molecular weight excluding hydrogens is 294 g/mol. The fourth-order valence-electron chi connectivity index (χ4n) is 1.78. The third-order valence-electron chi connectivity index (χ3n) is 2.78. The van der Waals surface area contributed by atoms with Crippen LogP contribution < -0.4 is 4.72 Å². The minimum absolute atomic E-state index is 0.0767. The monoisotopic (exact) mass is 309 g/mol. The quantitative estimate of drug-likeness (QED) is 0.836. The summed E-state index contributed by atoms with van der Waals surface area (Å²) in [5.74, 6) is -1.17. The van der Waals surface area contributed by atoms with Gasteiger partial charge in [-0.15, -0.1) is 0 Å². The van der Waals surface area contributed by atoms with Gasteiger partial charge in [-0.05, 0) is 18.6 Å². The van der Waals surface area contributed by atoms with Crippen LogP contribution in [-0.2, 0) is 10.0 Å². The lowest BCUT2D eigenvalue weighted by atomic mass is 10.3. The van der Waals surface area contributed by atoms with Gasteiger partial charge in [-0.25, -0.2) is 22.9 Å². The smallest absolute Gasteiger partial charge is 0.356 e. The Morgan fingerprint density at radius 1 is 1.38 bits per heavy atom. The number of carboxylic acids is 1.